The lowest BCUT2D eigenvalue weighted by Crippen LogP contribution is -2.61. The highest BCUT2D eigenvalue weighted by atomic mass is 16.7. The molecule has 0 saturated carbocycles. The van der Waals surface area contributed by atoms with E-state index >= 15 is 0 Å². The molecule has 18 nitrogen and oxygen atoms in total. The van der Waals surface area contributed by atoms with Gasteiger partial charge in [0.2, 0.25) is 0 Å². The zero-order valence-corrected chi connectivity index (χ0v) is 37.6. The Balaban J connectivity index is 1.86. The summed E-state index contributed by atoms with van der Waals surface area (Å²) in [7, 11) is 0. The molecule has 0 aromatic heterocycles. The van der Waals surface area contributed by atoms with Crippen molar-refractivity contribution in [3.63, 3.8) is 0 Å². The molecule has 0 aromatic rings. The number of allylic oxidation sites excluding steroid dienone is 12. The summed E-state index contributed by atoms with van der Waals surface area (Å²) in [6.45, 7) is 6.74. The maximum absolute atomic E-state index is 12.6. The Labute approximate surface area is 381 Å². The maximum atomic E-state index is 12.6. The van der Waals surface area contributed by atoms with Crippen molar-refractivity contribution in [2.24, 2.45) is 23.5 Å². The van der Waals surface area contributed by atoms with Crippen LogP contribution >= 0.6 is 0 Å². The summed E-state index contributed by atoms with van der Waals surface area (Å²) >= 11 is 0. The van der Waals surface area contributed by atoms with E-state index in [1.807, 2.05) is 13.0 Å². The number of carboxylic acid groups (broad SMARTS) is 1. The third-order valence-electron chi connectivity index (χ3n) is 12.0. The van der Waals surface area contributed by atoms with Gasteiger partial charge in [-0.25, -0.2) is 0 Å². The minimum atomic E-state index is -2.36. The average Bonchev–Trinajstić information content (AvgIpc) is 3.21. The Morgan fingerprint density at radius 1 is 0.662 bits per heavy atom. The molecule has 3 rings (SSSR count). The van der Waals surface area contributed by atoms with Crippen molar-refractivity contribution in [2.45, 2.75) is 177 Å². The number of hydrogen-bond acceptors (Lipinski definition) is 17. The number of rotatable bonds is 3. The summed E-state index contributed by atoms with van der Waals surface area (Å²) in [6, 6.07) is -1.15. The fourth-order valence-electron chi connectivity index (χ4n) is 7.96. The van der Waals surface area contributed by atoms with Crippen LogP contribution in [0.25, 0.3) is 0 Å². The number of cyclic esters (lactones) is 1. The third-order valence-corrected chi connectivity index (χ3v) is 12.0. The molecule has 65 heavy (non-hydrogen) atoms. The van der Waals surface area contributed by atoms with E-state index in [1.54, 1.807) is 86.8 Å². The van der Waals surface area contributed by atoms with Crippen LogP contribution in [0.15, 0.2) is 85.1 Å². The van der Waals surface area contributed by atoms with Crippen LogP contribution in [0.1, 0.15) is 79.1 Å². The number of carboxylic acids is 1. The summed E-state index contributed by atoms with van der Waals surface area (Å²) in [5.41, 5.74) is 6.02. The van der Waals surface area contributed by atoms with Crippen LogP contribution in [0, 0.1) is 17.8 Å². The summed E-state index contributed by atoms with van der Waals surface area (Å²) in [5.74, 6) is -6.88. The minimum Gasteiger partial charge on any atom is -0.481 e. The van der Waals surface area contributed by atoms with Gasteiger partial charge < -0.3 is 80.9 Å². The number of fused-ring (bicyclic) bond motifs is 2. The van der Waals surface area contributed by atoms with Gasteiger partial charge in [-0.3, -0.25) is 9.59 Å². The quantitative estimate of drug-likeness (QED) is 0.174. The van der Waals surface area contributed by atoms with Crippen molar-refractivity contribution in [1.82, 2.24) is 0 Å². The highest BCUT2D eigenvalue weighted by molar-refractivity contribution is 5.71. The van der Waals surface area contributed by atoms with Crippen LogP contribution in [0.2, 0.25) is 0 Å². The maximum Gasteiger partial charge on any atom is 0.311 e. The standard InChI is InChI=1S/C47H73NO17/c1-27-17-15-13-11-9-7-5-6-8-10-12-14-16-18-34(64-46-44(58)41(48)43(57)30(4)63-46)24-38-40(45(59)60)37(54)26-47(61,65-38)25-36(53)35(52)20-19-31(49)21-32(50)22-33(51)23-39(55)62-29(3)28(2)42(27)56/h5-18,27-38,40-44,46,49-54,56-58,61H,19-26,48H2,1-4H3,(H,59,60)/b6-5+,9-7+,10-8+,13-11+,14-12+,17-15+,18-16+/t27-,28-,29-,30-,31+,32+,33+,34-,35+,36+,37-,38-,40+,41+,42+,43-,44+,46+,47+/m0/s1. The second-order valence-corrected chi connectivity index (χ2v) is 17.6. The molecule has 3 aliphatic heterocycles. The molecule has 0 radical (unpaired) electrons. The van der Waals surface area contributed by atoms with Crippen LogP contribution in [-0.4, -0.2) is 166 Å². The molecule has 2 saturated heterocycles. The van der Waals surface area contributed by atoms with E-state index in [2.05, 4.69) is 0 Å². The van der Waals surface area contributed by atoms with Crippen molar-refractivity contribution in [1.29, 1.82) is 0 Å². The van der Waals surface area contributed by atoms with E-state index in [0.717, 1.165) is 0 Å². The minimum absolute atomic E-state index is 0.140. The molecule has 0 amide bonds. The summed E-state index contributed by atoms with van der Waals surface area (Å²) < 4.78 is 23.1. The Hall–Kier alpha value is -3.44. The number of esters is 1. The Morgan fingerprint density at radius 2 is 1.20 bits per heavy atom. The molecule has 368 valence electrons. The first kappa shape index (κ1) is 55.9. The number of hydrogen-bond donors (Lipinski definition) is 12. The van der Waals surface area contributed by atoms with E-state index in [1.165, 1.54) is 13.0 Å². The number of carbonyl (C=O) groups excluding carboxylic acids is 1. The zero-order chi connectivity index (χ0) is 48.4. The van der Waals surface area contributed by atoms with E-state index in [-0.39, 0.29) is 38.0 Å². The largest absolute Gasteiger partial charge is 0.481 e. The van der Waals surface area contributed by atoms with Gasteiger partial charge in [-0.1, -0.05) is 98.9 Å². The van der Waals surface area contributed by atoms with Gasteiger partial charge in [-0.15, -0.1) is 0 Å². The molecular formula is C47H73NO17. The van der Waals surface area contributed by atoms with Crippen molar-refractivity contribution in [3.8, 4) is 0 Å². The van der Waals surface area contributed by atoms with Gasteiger partial charge in [0, 0.05) is 31.1 Å². The second kappa shape index (κ2) is 27.4. The zero-order valence-electron chi connectivity index (χ0n) is 37.6. The van der Waals surface area contributed by atoms with Crippen LogP contribution in [0.4, 0.5) is 0 Å². The highest BCUT2D eigenvalue weighted by Gasteiger charge is 2.51. The van der Waals surface area contributed by atoms with Gasteiger partial charge in [-0.05, 0) is 39.5 Å². The molecule has 18 heteroatoms. The molecular weight excluding hydrogens is 851 g/mol. The van der Waals surface area contributed by atoms with E-state index in [9.17, 15) is 65.8 Å². The second-order valence-electron chi connectivity index (χ2n) is 17.6. The first-order chi connectivity index (χ1) is 30.6. The molecule has 0 aromatic carbocycles. The van der Waals surface area contributed by atoms with Crippen molar-refractivity contribution in [2.75, 3.05) is 0 Å². The monoisotopic (exact) mass is 923 g/mol. The summed E-state index contributed by atoms with van der Waals surface area (Å²) in [6.07, 6.45) is 3.49. The van der Waals surface area contributed by atoms with E-state index < -0.39 is 141 Å². The number of aliphatic hydroxyl groups is 10. The highest BCUT2D eigenvalue weighted by Crippen LogP contribution is 2.38. The van der Waals surface area contributed by atoms with Gasteiger partial charge >= 0.3 is 11.9 Å². The fourth-order valence-corrected chi connectivity index (χ4v) is 7.96. The molecule has 2 bridgehead atoms. The van der Waals surface area contributed by atoms with Crippen LogP contribution in [-0.2, 0) is 28.5 Å². The number of aliphatic hydroxyl groups excluding tert-OH is 9. The predicted molar refractivity (Wildman–Crippen MR) is 237 cm³/mol. The van der Waals surface area contributed by atoms with Crippen molar-refractivity contribution >= 4 is 11.9 Å². The average molecular weight is 924 g/mol. The molecule has 3 heterocycles. The molecule has 0 spiro atoms. The van der Waals surface area contributed by atoms with Gasteiger partial charge in [0.25, 0.3) is 0 Å². The van der Waals surface area contributed by atoms with Crippen molar-refractivity contribution in [3.05, 3.63) is 85.1 Å². The Morgan fingerprint density at radius 3 is 1.78 bits per heavy atom. The van der Waals surface area contributed by atoms with Gasteiger partial charge in [0.05, 0.1) is 79.6 Å². The van der Waals surface area contributed by atoms with Crippen LogP contribution < -0.4 is 5.73 Å². The lowest BCUT2D eigenvalue weighted by atomic mass is 9.82. The normalized spacial score (nSPS) is 45.5. The number of nitrogens with two attached hydrogens (primary N) is 1. The van der Waals surface area contributed by atoms with Crippen LogP contribution in [0.3, 0.4) is 0 Å². The molecule has 0 unspecified atom stereocenters. The topological polar surface area (TPSA) is 320 Å². The molecule has 19 atom stereocenters. The molecule has 2 fully saturated rings. The predicted octanol–water partition coefficient (Wildman–Crippen LogP) is 0.712. The van der Waals surface area contributed by atoms with Crippen molar-refractivity contribution < 1.29 is 84.7 Å². The summed E-state index contributed by atoms with van der Waals surface area (Å²) in [4.78, 5) is 25.1. The lowest BCUT2D eigenvalue weighted by molar-refractivity contribution is -0.310. The van der Waals surface area contributed by atoms with Gasteiger partial charge in [-0.2, -0.15) is 0 Å². The third kappa shape index (κ3) is 18.6. The molecule has 13 N–H and O–H groups in total. The Bertz CT molecular complexity index is 1670. The fraction of sp³-hybridized carbons (Fsp3) is 0.660. The van der Waals surface area contributed by atoms with E-state index in [4.69, 9.17) is 24.7 Å². The Kier molecular flexibility index (Phi) is 23.6. The summed E-state index contributed by atoms with van der Waals surface area (Å²) in [5, 5.41) is 118. The van der Waals surface area contributed by atoms with Gasteiger partial charge in [0.1, 0.15) is 18.1 Å². The lowest BCUT2D eigenvalue weighted by Gasteiger charge is -2.45. The van der Waals surface area contributed by atoms with Gasteiger partial charge in [0.15, 0.2) is 12.1 Å². The molecule has 3 aliphatic rings. The SMILES string of the molecule is C[C@@H]1[C@H](O)[C@@H](C)/C=C/C=C/C=C/C=C/C=C/C=C/C=C/[C@H](O[C@H]2O[C@@H](C)[C@H](O)[C@@H](N)[C@H]2O)C[C@@H]2O[C@](O)(C[C@@H](O)[C@H](O)CC[C@@H](O)C[C@@H](O)C[C@@H](O)CC(=O)O[C@H]1C)C[C@H](O)[C@H]2C(=O)O. The smallest absolute Gasteiger partial charge is 0.311 e. The molecule has 0 aliphatic carbocycles. The number of ether oxygens (including phenoxy) is 4. The van der Waals surface area contributed by atoms with Crippen LogP contribution in [0.5, 0.6) is 0 Å². The number of aliphatic carboxylic acids is 1. The first-order valence-corrected chi connectivity index (χ1v) is 22.3. The number of carbonyl (C=O) groups is 2. The first-order valence-electron chi connectivity index (χ1n) is 22.3. The van der Waals surface area contributed by atoms with E-state index in [0.29, 0.717) is 0 Å².